The van der Waals surface area contributed by atoms with Crippen molar-refractivity contribution in [3.8, 4) is 0 Å². The van der Waals surface area contributed by atoms with E-state index >= 15 is 0 Å². The van der Waals surface area contributed by atoms with E-state index in [1.807, 2.05) is 25.1 Å². The lowest BCUT2D eigenvalue weighted by molar-refractivity contribution is -0.118. The molecule has 0 saturated carbocycles. The first-order valence-corrected chi connectivity index (χ1v) is 5.62. The fourth-order valence-corrected chi connectivity index (χ4v) is 1.64. The second-order valence-electron chi connectivity index (χ2n) is 4.09. The van der Waals surface area contributed by atoms with Crippen molar-refractivity contribution in [3.05, 3.63) is 35.4 Å². The van der Waals surface area contributed by atoms with Crippen LogP contribution in [-0.2, 0) is 11.3 Å². The minimum absolute atomic E-state index is 0.0251. The van der Waals surface area contributed by atoms with Crippen LogP contribution in [0.15, 0.2) is 29.4 Å². The van der Waals surface area contributed by atoms with Gasteiger partial charge in [-0.1, -0.05) is 29.4 Å². The number of amides is 1. The number of amidine groups is 1. The highest BCUT2D eigenvalue weighted by molar-refractivity contribution is 5.98. The zero-order valence-electron chi connectivity index (χ0n) is 10.3. The van der Waals surface area contributed by atoms with Crippen LogP contribution in [0.2, 0.25) is 0 Å². The van der Waals surface area contributed by atoms with Crippen LogP contribution in [0.3, 0.4) is 0 Å². The van der Waals surface area contributed by atoms with Gasteiger partial charge in [0.05, 0.1) is 0 Å². The summed E-state index contributed by atoms with van der Waals surface area (Å²) in [4.78, 5) is 10.8. The number of oxime groups is 1. The highest BCUT2D eigenvalue weighted by Crippen LogP contribution is 2.08. The van der Waals surface area contributed by atoms with Crippen LogP contribution in [0.4, 0.5) is 0 Å². The fraction of sp³-hybridized carbons (Fsp3) is 0.333. The minimum Gasteiger partial charge on any atom is -0.409 e. The normalized spacial score (nSPS) is 13.3. The van der Waals surface area contributed by atoms with Crippen molar-refractivity contribution in [2.45, 2.75) is 25.9 Å². The molecule has 1 amide bonds. The zero-order valence-corrected chi connectivity index (χ0v) is 10.3. The van der Waals surface area contributed by atoms with Crippen molar-refractivity contribution in [2.75, 3.05) is 0 Å². The molecule has 98 valence electrons. The van der Waals surface area contributed by atoms with Crippen molar-refractivity contribution in [2.24, 2.45) is 16.6 Å². The molecular weight excluding hydrogens is 232 g/mol. The van der Waals surface area contributed by atoms with Crippen molar-refractivity contribution in [1.29, 1.82) is 0 Å². The Kier molecular flexibility index (Phi) is 5.13. The maximum Gasteiger partial charge on any atom is 0.218 e. The summed E-state index contributed by atoms with van der Waals surface area (Å²) in [5.74, 6) is -0.283. The highest BCUT2D eigenvalue weighted by atomic mass is 16.4. The fourth-order valence-electron chi connectivity index (χ4n) is 1.64. The molecule has 1 aromatic rings. The van der Waals surface area contributed by atoms with E-state index in [2.05, 4.69) is 10.5 Å². The SMILES string of the molecule is CC(CC(N)=O)NCc1ccccc1/C(N)=N/O. The Morgan fingerprint density at radius 1 is 1.44 bits per heavy atom. The molecule has 1 aromatic carbocycles. The smallest absolute Gasteiger partial charge is 0.218 e. The van der Waals surface area contributed by atoms with Gasteiger partial charge in [-0.3, -0.25) is 4.79 Å². The second kappa shape index (κ2) is 6.61. The van der Waals surface area contributed by atoms with Crippen LogP contribution < -0.4 is 16.8 Å². The van der Waals surface area contributed by atoms with Crippen molar-refractivity contribution < 1.29 is 10.0 Å². The molecular formula is C12H18N4O2. The van der Waals surface area contributed by atoms with Gasteiger partial charge in [0.1, 0.15) is 0 Å². The van der Waals surface area contributed by atoms with Crippen LogP contribution in [0.5, 0.6) is 0 Å². The Hall–Kier alpha value is -2.08. The maximum atomic E-state index is 10.8. The molecule has 1 atom stereocenters. The summed E-state index contributed by atoms with van der Waals surface area (Å²) in [6.45, 7) is 2.39. The monoisotopic (exact) mass is 250 g/mol. The molecule has 0 heterocycles. The van der Waals surface area contributed by atoms with Gasteiger partial charge in [0.2, 0.25) is 5.91 Å². The average molecular weight is 250 g/mol. The Labute approximate surface area is 106 Å². The molecule has 0 aliphatic heterocycles. The molecule has 0 bridgehead atoms. The van der Waals surface area contributed by atoms with Gasteiger partial charge in [-0.05, 0) is 12.5 Å². The molecule has 0 aromatic heterocycles. The largest absolute Gasteiger partial charge is 0.409 e. The third-order valence-electron chi connectivity index (χ3n) is 2.55. The zero-order chi connectivity index (χ0) is 13.5. The molecule has 0 fully saturated rings. The number of hydrogen-bond acceptors (Lipinski definition) is 4. The van der Waals surface area contributed by atoms with E-state index in [0.29, 0.717) is 12.1 Å². The number of primary amides is 1. The van der Waals surface area contributed by atoms with Gasteiger partial charge < -0.3 is 22.0 Å². The van der Waals surface area contributed by atoms with Gasteiger partial charge in [-0.2, -0.15) is 0 Å². The third-order valence-corrected chi connectivity index (χ3v) is 2.55. The molecule has 6 nitrogen and oxygen atoms in total. The van der Waals surface area contributed by atoms with Crippen LogP contribution in [0.25, 0.3) is 0 Å². The van der Waals surface area contributed by atoms with Gasteiger partial charge in [0.25, 0.3) is 0 Å². The summed E-state index contributed by atoms with van der Waals surface area (Å²) < 4.78 is 0. The van der Waals surface area contributed by atoms with E-state index in [0.717, 1.165) is 5.56 Å². The van der Waals surface area contributed by atoms with Gasteiger partial charge in [-0.25, -0.2) is 0 Å². The average Bonchev–Trinajstić information content (AvgIpc) is 2.35. The van der Waals surface area contributed by atoms with E-state index in [-0.39, 0.29) is 24.2 Å². The van der Waals surface area contributed by atoms with Crippen molar-refractivity contribution in [1.82, 2.24) is 5.32 Å². The Morgan fingerprint density at radius 3 is 2.72 bits per heavy atom. The summed E-state index contributed by atoms with van der Waals surface area (Å²) in [5.41, 5.74) is 12.2. The quantitative estimate of drug-likeness (QED) is 0.249. The summed E-state index contributed by atoms with van der Waals surface area (Å²) in [7, 11) is 0. The number of nitrogens with zero attached hydrogens (tertiary/aromatic N) is 1. The predicted octanol–water partition coefficient (Wildman–Crippen LogP) is 0.135. The van der Waals surface area contributed by atoms with E-state index in [4.69, 9.17) is 16.7 Å². The Balaban J connectivity index is 2.70. The topological polar surface area (TPSA) is 114 Å². The van der Waals surface area contributed by atoms with E-state index < -0.39 is 0 Å². The van der Waals surface area contributed by atoms with Crippen LogP contribution >= 0.6 is 0 Å². The molecule has 0 aliphatic rings. The van der Waals surface area contributed by atoms with Gasteiger partial charge in [0.15, 0.2) is 5.84 Å². The second-order valence-corrected chi connectivity index (χ2v) is 4.09. The molecule has 0 radical (unpaired) electrons. The Bertz CT molecular complexity index is 445. The first-order valence-electron chi connectivity index (χ1n) is 5.62. The first-order chi connectivity index (χ1) is 8.54. The lowest BCUT2D eigenvalue weighted by Gasteiger charge is -2.14. The van der Waals surface area contributed by atoms with Gasteiger partial charge >= 0.3 is 0 Å². The first kappa shape index (κ1) is 14.0. The predicted molar refractivity (Wildman–Crippen MR) is 69.1 cm³/mol. The number of benzene rings is 1. The molecule has 1 rings (SSSR count). The molecule has 1 unspecified atom stereocenters. The van der Waals surface area contributed by atoms with Crippen LogP contribution in [0.1, 0.15) is 24.5 Å². The number of hydrogen-bond donors (Lipinski definition) is 4. The summed E-state index contributed by atoms with van der Waals surface area (Å²) in [6, 6.07) is 7.29. The van der Waals surface area contributed by atoms with Crippen LogP contribution in [-0.4, -0.2) is 23.0 Å². The molecule has 0 spiro atoms. The molecule has 6 heteroatoms. The lowest BCUT2D eigenvalue weighted by Crippen LogP contribution is -2.31. The number of nitrogens with one attached hydrogen (secondary N) is 1. The number of carbonyl (C=O) groups excluding carboxylic acids is 1. The number of rotatable bonds is 6. The standard InChI is InChI=1S/C12H18N4O2/c1-8(6-11(13)17)15-7-9-4-2-3-5-10(9)12(14)16-18/h2-5,8,15,18H,6-7H2,1H3,(H2,13,17)(H2,14,16). The summed E-state index contributed by atoms with van der Waals surface area (Å²) >= 11 is 0. The summed E-state index contributed by atoms with van der Waals surface area (Å²) in [5, 5.41) is 14.8. The van der Waals surface area contributed by atoms with Gasteiger partial charge in [0, 0.05) is 24.6 Å². The molecule has 0 aliphatic carbocycles. The van der Waals surface area contributed by atoms with Crippen molar-refractivity contribution in [3.63, 3.8) is 0 Å². The molecule has 18 heavy (non-hydrogen) atoms. The maximum absolute atomic E-state index is 10.8. The third kappa shape index (κ3) is 4.06. The highest BCUT2D eigenvalue weighted by Gasteiger charge is 2.09. The molecule has 0 saturated heterocycles. The number of carbonyl (C=O) groups is 1. The number of nitrogens with two attached hydrogens (primary N) is 2. The minimum atomic E-state index is -0.347. The molecule has 6 N–H and O–H groups in total. The Morgan fingerprint density at radius 2 is 2.11 bits per heavy atom. The van der Waals surface area contributed by atoms with E-state index in [1.165, 1.54) is 0 Å². The van der Waals surface area contributed by atoms with Crippen molar-refractivity contribution >= 4 is 11.7 Å². The van der Waals surface area contributed by atoms with Gasteiger partial charge in [-0.15, -0.1) is 0 Å². The summed E-state index contributed by atoms with van der Waals surface area (Å²) in [6.07, 6.45) is 0.270. The van der Waals surface area contributed by atoms with Crippen LogP contribution in [0, 0.1) is 0 Å². The van der Waals surface area contributed by atoms with E-state index in [9.17, 15) is 4.79 Å². The van der Waals surface area contributed by atoms with E-state index in [1.54, 1.807) is 6.07 Å². The lowest BCUT2D eigenvalue weighted by atomic mass is 10.1.